The van der Waals surface area contributed by atoms with Crippen molar-refractivity contribution in [1.82, 2.24) is 0 Å². The number of halogens is 4. The Hall–Kier alpha value is -0.300. The van der Waals surface area contributed by atoms with Crippen LogP contribution in [0.5, 0.6) is 0 Å². The summed E-state index contributed by atoms with van der Waals surface area (Å²) >= 11 is 2.13. The molecule has 0 saturated carbocycles. The molecule has 0 aromatic heterocycles. The smallest absolute Gasteiger partial charge is 0.367 e. The lowest BCUT2D eigenvalue weighted by Crippen LogP contribution is -2.16. The minimum absolute atomic E-state index is 0.00354. The molecule has 0 amide bonds. The van der Waals surface area contributed by atoms with Crippen molar-refractivity contribution in [3.05, 3.63) is 33.4 Å². The maximum absolute atomic E-state index is 11.7. The van der Waals surface area contributed by atoms with Gasteiger partial charge < -0.3 is 4.74 Å². The lowest BCUT2D eigenvalue weighted by Gasteiger charge is -2.07. The van der Waals surface area contributed by atoms with Crippen LogP contribution in [0.2, 0.25) is 0 Å². The van der Waals surface area contributed by atoms with Gasteiger partial charge in [-0.25, -0.2) is 0 Å². The van der Waals surface area contributed by atoms with Crippen molar-refractivity contribution in [1.29, 1.82) is 0 Å². The van der Waals surface area contributed by atoms with Crippen LogP contribution in [0.1, 0.15) is 5.56 Å². The summed E-state index contributed by atoms with van der Waals surface area (Å²) in [6, 6.07) is 7.15. The Morgan fingerprint density at radius 1 is 1.14 bits per heavy atom. The summed E-state index contributed by atoms with van der Waals surface area (Å²) in [6.45, 7) is -1.20. The zero-order valence-electron chi connectivity index (χ0n) is 7.14. The summed E-state index contributed by atoms with van der Waals surface area (Å²) in [5.74, 6) is 0. The van der Waals surface area contributed by atoms with E-state index >= 15 is 0 Å². The fourth-order valence-corrected chi connectivity index (χ4v) is 1.22. The van der Waals surface area contributed by atoms with E-state index in [2.05, 4.69) is 27.3 Å². The number of hydrogen-bond acceptors (Lipinski definition) is 1. The Morgan fingerprint density at radius 3 is 2.21 bits per heavy atom. The van der Waals surface area contributed by atoms with Crippen molar-refractivity contribution in [3.63, 3.8) is 0 Å². The second kappa shape index (κ2) is 4.97. The molecule has 0 unspecified atom stereocenters. The van der Waals surface area contributed by atoms with Crippen LogP contribution in [0.4, 0.5) is 13.2 Å². The molecule has 1 nitrogen and oxygen atoms in total. The number of hydrogen-bond donors (Lipinski definition) is 0. The number of benzene rings is 1. The number of alkyl halides is 3. The quantitative estimate of drug-likeness (QED) is 0.777. The molecule has 0 saturated heterocycles. The molecule has 0 atom stereocenters. The Kier molecular flexibility index (Phi) is 4.18. The predicted molar refractivity (Wildman–Crippen MR) is 54.9 cm³/mol. The average Bonchev–Trinajstić information content (AvgIpc) is 2.06. The molecule has 0 aliphatic heterocycles. The molecule has 0 N–H and O–H groups in total. The molecule has 0 aliphatic rings. The van der Waals surface area contributed by atoms with Gasteiger partial charge in [-0.3, -0.25) is 0 Å². The molecule has 1 aromatic rings. The first-order chi connectivity index (χ1) is 6.47. The molecule has 5 heteroatoms. The zero-order valence-corrected chi connectivity index (χ0v) is 9.30. The molecule has 0 bridgehead atoms. The second-order valence-corrected chi connectivity index (χ2v) is 3.98. The summed E-state index contributed by atoms with van der Waals surface area (Å²) in [5.41, 5.74) is 0.745. The molecule has 0 aliphatic carbocycles. The van der Waals surface area contributed by atoms with E-state index in [4.69, 9.17) is 0 Å². The first kappa shape index (κ1) is 11.8. The van der Waals surface area contributed by atoms with E-state index in [1.54, 1.807) is 12.1 Å². The van der Waals surface area contributed by atoms with Crippen molar-refractivity contribution >= 4 is 22.6 Å². The molecule has 0 fully saturated rings. The highest BCUT2D eigenvalue weighted by Gasteiger charge is 2.27. The minimum atomic E-state index is -4.25. The summed E-state index contributed by atoms with van der Waals surface area (Å²) in [5, 5.41) is 0. The molecule has 1 rings (SSSR count). The summed E-state index contributed by atoms with van der Waals surface area (Å²) in [6.07, 6.45) is -4.25. The van der Waals surface area contributed by atoms with Crippen molar-refractivity contribution in [3.8, 4) is 0 Å². The van der Waals surface area contributed by atoms with Crippen molar-refractivity contribution in [2.75, 3.05) is 6.61 Å². The molecule has 14 heavy (non-hydrogen) atoms. The van der Waals surface area contributed by atoms with Gasteiger partial charge in [0.25, 0.3) is 0 Å². The Bertz CT molecular complexity index is 281. The van der Waals surface area contributed by atoms with Crippen molar-refractivity contribution < 1.29 is 17.9 Å². The Labute approximate surface area is 93.4 Å². The second-order valence-electron chi connectivity index (χ2n) is 2.73. The van der Waals surface area contributed by atoms with Gasteiger partial charge in [-0.05, 0) is 40.3 Å². The van der Waals surface area contributed by atoms with Gasteiger partial charge in [0.1, 0.15) is 6.61 Å². The molecular formula is C9H8F3IO. The summed E-state index contributed by atoms with van der Waals surface area (Å²) in [4.78, 5) is 0. The van der Waals surface area contributed by atoms with E-state index in [1.807, 2.05) is 12.1 Å². The first-order valence-electron chi connectivity index (χ1n) is 3.86. The van der Waals surface area contributed by atoms with E-state index in [-0.39, 0.29) is 6.61 Å². The topological polar surface area (TPSA) is 9.23 Å². The van der Waals surface area contributed by atoms with Gasteiger partial charge in [0.15, 0.2) is 0 Å². The maximum atomic E-state index is 11.7. The molecular weight excluding hydrogens is 308 g/mol. The van der Waals surface area contributed by atoms with Crippen LogP contribution in [0.3, 0.4) is 0 Å². The molecule has 78 valence electrons. The molecule has 0 heterocycles. The van der Waals surface area contributed by atoms with Crippen molar-refractivity contribution in [2.45, 2.75) is 12.8 Å². The van der Waals surface area contributed by atoms with Crippen LogP contribution in [-0.4, -0.2) is 12.8 Å². The van der Waals surface area contributed by atoms with E-state index in [9.17, 15) is 13.2 Å². The first-order valence-corrected chi connectivity index (χ1v) is 4.94. The molecule has 0 radical (unpaired) electrons. The van der Waals surface area contributed by atoms with Gasteiger partial charge in [-0.15, -0.1) is 0 Å². The fraction of sp³-hybridized carbons (Fsp3) is 0.333. The average molecular weight is 316 g/mol. The summed E-state index contributed by atoms with van der Waals surface area (Å²) < 4.78 is 40.6. The Morgan fingerprint density at radius 2 is 1.71 bits per heavy atom. The van der Waals surface area contributed by atoms with Crippen LogP contribution in [0.25, 0.3) is 0 Å². The van der Waals surface area contributed by atoms with Crippen LogP contribution in [0.15, 0.2) is 24.3 Å². The number of ether oxygens (including phenoxy) is 1. The van der Waals surface area contributed by atoms with E-state index in [1.165, 1.54) is 0 Å². The number of rotatable bonds is 3. The highest BCUT2D eigenvalue weighted by molar-refractivity contribution is 14.1. The van der Waals surface area contributed by atoms with E-state index < -0.39 is 12.8 Å². The van der Waals surface area contributed by atoms with E-state index in [0.29, 0.717) is 0 Å². The highest BCUT2D eigenvalue weighted by atomic mass is 127. The van der Waals surface area contributed by atoms with Gasteiger partial charge in [0, 0.05) is 3.57 Å². The van der Waals surface area contributed by atoms with E-state index in [0.717, 1.165) is 9.13 Å². The lowest BCUT2D eigenvalue weighted by molar-refractivity contribution is -0.176. The normalized spacial score (nSPS) is 11.7. The zero-order chi connectivity index (χ0) is 10.6. The summed E-state index contributed by atoms with van der Waals surface area (Å²) in [7, 11) is 0. The van der Waals surface area contributed by atoms with Crippen LogP contribution >= 0.6 is 22.6 Å². The van der Waals surface area contributed by atoms with Crippen LogP contribution in [-0.2, 0) is 11.3 Å². The standard InChI is InChI=1S/C9H8F3IO/c10-9(11,12)6-14-5-7-1-3-8(13)4-2-7/h1-4H,5-6H2. The van der Waals surface area contributed by atoms with Crippen molar-refractivity contribution in [2.24, 2.45) is 0 Å². The van der Waals surface area contributed by atoms with Crippen LogP contribution < -0.4 is 0 Å². The SMILES string of the molecule is FC(F)(F)COCc1ccc(I)cc1. The molecule has 0 spiro atoms. The largest absolute Gasteiger partial charge is 0.411 e. The fourth-order valence-electron chi connectivity index (χ4n) is 0.865. The van der Waals surface area contributed by atoms with Gasteiger partial charge >= 0.3 is 6.18 Å². The third kappa shape index (κ3) is 4.80. The van der Waals surface area contributed by atoms with Gasteiger partial charge in [-0.1, -0.05) is 12.1 Å². The minimum Gasteiger partial charge on any atom is -0.367 e. The predicted octanol–water partition coefficient (Wildman–Crippen LogP) is 3.37. The highest BCUT2D eigenvalue weighted by Crippen LogP contribution is 2.15. The van der Waals surface area contributed by atoms with Gasteiger partial charge in [-0.2, -0.15) is 13.2 Å². The molecule has 1 aromatic carbocycles. The van der Waals surface area contributed by atoms with Gasteiger partial charge in [0.05, 0.1) is 6.61 Å². The third-order valence-corrected chi connectivity index (χ3v) is 2.17. The van der Waals surface area contributed by atoms with Crippen LogP contribution in [0, 0.1) is 3.57 Å². The Balaban J connectivity index is 2.35. The maximum Gasteiger partial charge on any atom is 0.411 e. The van der Waals surface area contributed by atoms with Gasteiger partial charge in [0.2, 0.25) is 0 Å². The third-order valence-electron chi connectivity index (χ3n) is 1.45. The monoisotopic (exact) mass is 316 g/mol. The lowest BCUT2D eigenvalue weighted by atomic mass is 10.2.